The lowest BCUT2D eigenvalue weighted by Gasteiger charge is -2.27. The molecule has 0 aromatic rings. The van der Waals surface area contributed by atoms with Crippen LogP contribution in [0.4, 0.5) is 0 Å². The first-order valence-corrected chi connectivity index (χ1v) is 4.40. The summed E-state index contributed by atoms with van der Waals surface area (Å²) in [7, 11) is 3.14. The first-order chi connectivity index (χ1) is 5.83. The lowest BCUT2D eigenvalue weighted by Crippen LogP contribution is -2.30. The lowest BCUT2D eigenvalue weighted by molar-refractivity contribution is -0.108. The van der Waals surface area contributed by atoms with Crippen LogP contribution in [-0.2, 0) is 4.79 Å². The summed E-state index contributed by atoms with van der Waals surface area (Å²) >= 11 is 0. The van der Waals surface area contributed by atoms with E-state index in [1.165, 1.54) is 25.9 Å². The highest BCUT2D eigenvalue weighted by atomic mass is 16.2. The fraction of sp³-hybridized carbons (Fsp3) is 0.889. The molecule has 1 aliphatic heterocycles. The molecule has 1 N–H and O–H groups in total. The van der Waals surface area contributed by atoms with Crippen molar-refractivity contribution in [3.63, 3.8) is 0 Å². The third kappa shape index (κ3) is 4.46. The second-order valence-electron chi connectivity index (χ2n) is 3.15. The fourth-order valence-corrected chi connectivity index (χ4v) is 1.43. The summed E-state index contributed by atoms with van der Waals surface area (Å²) in [6.07, 6.45) is 4.23. The second kappa shape index (κ2) is 7.25. The maximum absolute atomic E-state index is 10.1. The van der Waals surface area contributed by atoms with Crippen molar-refractivity contribution in [1.29, 1.82) is 0 Å². The van der Waals surface area contributed by atoms with Gasteiger partial charge in [-0.2, -0.15) is 0 Å². The summed E-state index contributed by atoms with van der Waals surface area (Å²) in [4.78, 5) is 12.5. The minimum atomic E-state index is 0.675. The first kappa shape index (κ1) is 11.6. The molecule has 0 unspecified atom stereocenters. The Kier molecular flexibility index (Phi) is 7.00. The van der Waals surface area contributed by atoms with Gasteiger partial charge in [-0.05, 0) is 38.9 Å². The molecule has 0 amide bonds. The van der Waals surface area contributed by atoms with Crippen LogP contribution in [0.2, 0.25) is 0 Å². The summed E-state index contributed by atoms with van der Waals surface area (Å²) in [6, 6.07) is 0. The minimum Gasteiger partial charge on any atom is -0.400 e. The molecule has 1 saturated heterocycles. The monoisotopic (exact) mass is 173 g/mol. The molecule has 0 aromatic heterocycles. The van der Waals surface area contributed by atoms with E-state index in [0.717, 1.165) is 19.8 Å². The number of rotatable bonds is 2. The van der Waals surface area contributed by atoms with Crippen molar-refractivity contribution in [2.45, 2.75) is 19.3 Å². The van der Waals surface area contributed by atoms with Crippen molar-refractivity contribution in [3.8, 4) is 0 Å². The number of hydrogen-bond acceptors (Lipinski definition) is 3. The zero-order chi connectivity index (χ0) is 9.40. The minimum absolute atomic E-state index is 0.675. The van der Waals surface area contributed by atoms with Crippen LogP contribution >= 0.6 is 0 Å². The molecule has 72 valence electrons. The van der Waals surface area contributed by atoms with E-state index in [4.69, 9.17) is 5.11 Å². The van der Waals surface area contributed by atoms with E-state index in [-0.39, 0.29) is 0 Å². The Hall–Kier alpha value is -0.410. The lowest BCUT2D eigenvalue weighted by atomic mass is 9.95. The zero-order valence-electron chi connectivity index (χ0n) is 7.99. The van der Waals surface area contributed by atoms with Gasteiger partial charge in [0.1, 0.15) is 6.29 Å². The van der Waals surface area contributed by atoms with Gasteiger partial charge in [0, 0.05) is 13.5 Å². The highest BCUT2D eigenvalue weighted by Gasteiger charge is 2.15. The highest BCUT2D eigenvalue weighted by molar-refractivity contribution is 5.49. The van der Waals surface area contributed by atoms with E-state index in [9.17, 15) is 4.79 Å². The molecule has 0 radical (unpaired) electrons. The quantitative estimate of drug-likeness (QED) is 0.619. The smallest absolute Gasteiger partial charge is 0.120 e. The molecule has 3 heteroatoms. The average Bonchev–Trinajstić information content (AvgIpc) is 2.13. The van der Waals surface area contributed by atoms with Crippen LogP contribution in [0.3, 0.4) is 0 Å². The van der Waals surface area contributed by atoms with Crippen LogP contribution in [0.15, 0.2) is 0 Å². The van der Waals surface area contributed by atoms with Crippen molar-refractivity contribution >= 4 is 6.29 Å². The summed E-state index contributed by atoms with van der Waals surface area (Å²) in [5, 5.41) is 7.00. The number of likely N-dealkylation sites (tertiary alicyclic amines) is 1. The van der Waals surface area contributed by atoms with Crippen LogP contribution in [-0.4, -0.2) is 43.5 Å². The number of nitrogens with zero attached hydrogens (tertiary/aromatic N) is 1. The van der Waals surface area contributed by atoms with Crippen LogP contribution in [0, 0.1) is 5.92 Å². The highest BCUT2D eigenvalue weighted by Crippen LogP contribution is 2.17. The van der Waals surface area contributed by atoms with Gasteiger partial charge in [0.2, 0.25) is 0 Å². The molecule has 12 heavy (non-hydrogen) atoms. The molecule has 0 bridgehead atoms. The molecule has 0 atom stereocenters. The molecular formula is C9H19NO2. The van der Waals surface area contributed by atoms with Crippen LogP contribution in [0.1, 0.15) is 19.3 Å². The number of carbonyl (C=O) groups is 1. The maximum Gasteiger partial charge on any atom is 0.120 e. The van der Waals surface area contributed by atoms with Gasteiger partial charge in [0.15, 0.2) is 0 Å². The molecule has 1 rings (SSSR count). The predicted octanol–water partition coefficient (Wildman–Crippen LogP) is 0.526. The van der Waals surface area contributed by atoms with E-state index >= 15 is 0 Å². The standard InChI is InChI=1S/C8H15NO.CH4O/c1-9-5-2-8(3-6-9)4-7-10;1-2/h7-8H,2-6H2,1H3;2H,1H3. The summed E-state index contributed by atoms with van der Waals surface area (Å²) < 4.78 is 0. The van der Waals surface area contributed by atoms with Crippen LogP contribution in [0.5, 0.6) is 0 Å². The summed E-state index contributed by atoms with van der Waals surface area (Å²) in [6.45, 7) is 2.33. The number of hydrogen-bond donors (Lipinski definition) is 1. The normalized spacial score (nSPS) is 19.6. The third-order valence-corrected chi connectivity index (χ3v) is 2.27. The zero-order valence-corrected chi connectivity index (χ0v) is 7.99. The Labute approximate surface area is 74.4 Å². The number of piperidine rings is 1. The van der Waals surface area contributed by atoms with Crippen molar-refractivity contribution in [1.82, 2.24) is 4.90 Å². The Morgan fingerprint density at radius 1 is 1.42 bits per heavy atom. The van der Waals surface area contributed by atoms with Gasteiger partial charge >= 0.3 is 0 Å². The molecule has 0 aromatic carbocycles. The van der Waals surface area contributed by atoms with E-state index in [2.05, 4.69) is 11.9 Å². The fourth-order valence-electron chi connectivity index (χ4n) is 1.43. The van der Waals surface area contributed by atoms with E-state index in [1.807, 2.05) is 0 Å². The topological polar surface area (TPSA) is 40.5 Å². The molecule has 1 heterocycles. The van der Waals surface area contributed by atoms with Gasteiger partial charge in [0.05, 0.1) is 0 Å². The second-order valence-corrected chi connectivity index (χ2v) is 3.15. The number of aliphatic hydroxyl groups is 1. The van der Waals surface area contributed by atoms with Gasteiger partial charge in [-0.15, -0.1) is 0 Å². The molecule has 0 saturated carbocycles. The van der Waals surface area contributed by atoms with Crippen molar-refractivity contribution < 1.29 is 9.90 Å². The van der Waals surface area contributed by atoms with Crippen LogP contribution in [0.25, 0.3) is 0 Å². The number of carbonyl (C=O) groups excluding carboxylic acids is 1. The van der Waals surface area contributed by atoms with Gasteiger partial charge < -0.3 is 14.8 Å². The molecule has 0 spiro atoms. The predicted molar refractivity (Wildman–Crippen MR) is 49.0 cm³/mol. The van der Waals surface area contributed by atoms with Gasteiger partial charge in [0.25, 0.3) is 0 Å². The third-order valence-electron chi connectivity index (χ3n) is 2.27. The van der Waals surface area contributed by atoms with Gasteiger partial charge in [-0.1, -0.05) is 0 Å². The average molecular weight is 173 g/mol. The van der Waals surface area contributed by atoms with Crippen LogP contribution < -0.4 is 0 Å². The molecule has 0 aliphatic carbocycles. The van der Waals surface area contributed by atoms with Crippen molar-refractivity contribution in [2.75, 3.05) is 27.2 Å². The van der Waals surface area contributed by atoms with E-state index < -0.39 is 0 Å². The first-order valence-electron chi connectivity index (χ1n) is 4.40. The van der Waals surface area contributed by atoms with E-state index in [1.54, 1.807) is 0 Å². The van der Waals surface area contributed by atoms with E-state index in [0.29, 0.717) is 5.92 Å². The molecule has 1 fully saturated rings. The number of aliphatic hydroxyl groups excluding tert-OH is 1. The Morgan fingerprint density at radius 3 is 2.33 bits per heavy atom. The largest absolute Gasteiger partial charge is 0.400 e. The summed E-state index contributed by atoms with van der Waals surface area (Å²) in [5.74, 6) is 0.675. The molecule has 1 aliphatic rings. The maximum atomic E-state index is 10.1. The summed E-state index contributed by atoms with van der Waals surface area (Å²) in [5.41, 5.74) is 0. The van der Waals surface area contributed by atoms with Gasteiger partial charge in [-0.25, -0.2) is 0 Å². The molecular weight excluding hydrogens is 154 g/mol. The Bertz CT molecular complexity index is 109. The SMILES string of the molecule is CN1CCC(CC=O)CC1.CO. The Morgan fingerprint density at radius 2 is 1.92 bits per heavy atom. The van der Waals surface area contributed by atoms with Gasteiger partial charge in [-0.3, -0.25) is 0 Å². The molecule has 3 nitrogen and oxygen atoms in total. The van der Waals surface area contributed by atoms with Crippen molar-refractivity contribution in [3.05, 3.63) is 0 Å². The Balaban J connectivity index is 0.000000561. The number of aldehydes is 1. The van der Waals surface area contributed by atoms with Crippen molar-refractivity contribution in [2.24, 2.45) is 5.92 Å².